The van der Waals surface area contributed by atoms with Crippen LogP contribution in [-0.4, -0.2) is 52.1 Å². The molecule has 2 aliphatic rings. The van der Waals surface area contributed by atoms with Crippen molar-refractivity contribution in [1.29, 1.82) is 0 Å². The number of amides is 2. The lowest BCUT2D eigenvalue weighted by Gasteiger charge is -2.35. The Bertz CT molecular complexity index is 578. The van der Waals surface area contributed by atoms with Crippen molar-refractivity contribution < 1.29 is 14.7 Å². The van der Waals surface area contributed by atoms with Crippen molar-refractivity contribution in [3.63, 3.8) is 0 Å². The second-order valence-corrected chi connectivity index (χ2v) is 7.01. The molecule has 2 unspecified atom stereocenters. The standard InChI is InChI=1S/C15H18N2O3S/c1-10-9-16(6-7-21-10)15(20)17-12-5-3-2-4-11(12)8-13(17)14(18)19/h2-5,10,13H,6-9H2,1H3,(H,18,19). The minimum absolute atomic E-state index is 0.181. The van der Waals surface area contributed by atoms with Crippen LogP contribution in [0.25, 0.3) is 0 Å². The van der Waals surface area contributed by atoms with E-state index in [-0.39, 0.29) is 6.03 Å². The zero-order valence-corrected chi connectivity index (χ0v) is 12.7. The van der Waals surface area contributed by atoms with Gasteiger partial charge in [0.2, 0.25) is 0 Å². The highest BCUT2D eigenvalue weighted by atomic mass is 32.2. The zero-order valence-electron chi connectivity index (χ0n) is 11.9. The summed E-state index contributed by atoms with van der Waals surface area (Å²) in [6.07, 6.45) is 0.384. The number of nitrogens with zero attached hydrogens (tertiary/aromatic N) is 2. The van der Waals surface area contributed by atoms with Crippen molar-refractivity contribution in [3.05, 3.63) is 29.8 Å². The number of benzene rings is 1. The number of thioether (sulfide) groups is 1. The molecule has 3 rings (SSSR count). The van der Waals surface area contributed by atoms with Crippen LogP contribution < -0.4 is 4.90 Å². The van der Waals surface area contributed by atoms with E-state index in [0.29, 0.717) is 24.8 Å². The molecule has 0 radical (unpaired) electrons. The van der Waals surface area contributed by atoms with E-state index in [1.165, 1.54) is 4.90 Å². The summed E-state index contributed by atoms with van der Waals surface area (Å²) in [4.78, 5) is 27.6. The molecule has 2 aliphatic heterocycles. The Morgan fingerprint density at radius 2 is 2.10 bits per heavy atom. The second kappa shape index (κ2) is 5.60. The number of fused-ring (bicyclic) bond motifs is 1. The zero-order chi connectivity index (χ0) is 15.0. The average Bonchev–Trinajstić information content (AvgIpc) is 2.86. The first-order chi connectivity index (χ1) is 10.1. The molecule has 2 amide bonds. The van der Waals surface area contributed by atoms with Crippen LogP contribution in [0.1, 0.15) is 12.5 Å². The van der Waals surface area contributed by atoms with E-state index in [1.54, 1.807) is 4.90 Å². The van der Waals surface area contributed by atoms with Crippen LogP contribution in [0, 0.1) is 0 Å². The lowest BCUT2D eigenvalue weighted by atomic mass is 10.1. The number of carboxylic acid groups (broad SMARTS) is 1. The molecular weight excluding hydrogens is 288 g/mol. The van der Waals surface area contributed by atoms with Gasteiger partial charge in [0.15, 0.2) is 0 Å². The van der Waals surface area contributed by atoms with Crippen LogP contribution in [-0.2, 0) is 11.2 Å². The van der Waals surface area contributed by atoms with Gasteiger partial charge in [-0.15, -0.1) is 0 Å². The number of anilines is 1. The van der Waals surface area contributed by atoms with Gasteiger partial charge in [0, 0.05) is 36.2 Å². The molecule has 0 bridgehead atoms. The van der Waals surface area contributed by atoms with Gasteiger partial charge in [-0.25, -0.2) is 9.59 Å². The molecule has 2 heterocycles. The summed E-state index contributed by atoms with van der Waals surface area (Å²) in [5.74, 6) is -0.0425. The summed E-state index contributed by atoms with van der Waals surface area (Å²) in [6.45, 7) is 3.45. The third-order valence-corrected chi connectivity index (χ3v) is 5.12. The highest BCUT2D eigenvalue weighted by Crippen LogP contribution is 2.33. The first kappa shape index (κ1) is 14.3. The predicted octanol–water partition coefficient (Wildman–Crippen LogP) is 2.06. The van der Waals surface area contributed by atoms with Gasteiger partial charge >= 0.3 is 12.0 Å². The number of aliphatic carboxylic acids is 1. The van der Waals surface area contributed by atoms with Crippen molar-refractivity contribution >= 4 is 29.4 Å². The van der Waals surface area contributed by atoms with E-state index < -0.39 is 12.0 Å². The molecule has 1 saturated heterocycles. The Morgan fingerprint density at radius 3 is 2.81 bits per heavy atom. The molecule has 1 fully saturated rings. The van der Waals surface area contributed by atoms with Crippen LogP contribution in [0.15, 0.2) is 24.3 Å². The number of urea groups is 1. The number of para-hydroxylation sites is 1. The summed E-state index contributed by atoms with van der Waals surface area (Å²) in [5, 5.41) is 9.83. The van der Waals surface area contributed by atoms with E-state index in [1.807, 2.05) is 36.0 Å². The molecule has 1 aromatic rings. The fraction of sp³-hybridized carbons (Fsp3) is 0.467. The van der Waals surface area contributed by atoms with Gasteiger partial charge in [0.1, 0.15) is 6.04 Å². The SMILES string of the molecule is CC1CN(C(=O)N2c3ccccc3CC2C(=O)O)CCS1. The van der Waals surface area contributed by atoms with E-state index in [4.69, 9.17) is 0 Å². The summed E-state index contributed by atoms with van der Waals surface area (Å²) in [5.41, 5.74) is 1.67. The Kier molecular flexibility index (Phi) is 3.80. The molecule has 1 N–H and O–H groups in total. The first-order valence-electron chi connectivity index (χ1n) is 7.08. The fourth-order valence-corrected chi connectivity index (χ4v) is 3.98. The van der Waals surface area contributed by atoms with Crippen LogP contribution in [0.3, 0.4) is 0 Å². The van der Waals surface area contributed by atoms with E-state index in [9.17, 15) is 14.7 Å². The number of hydrogen-bond donors (Lipinski definition) is 1. The minimum Gasteiger partial charge on any atom is -0.480 e. The molecular formula is C15H18N2O3S. The van der Waals surface area contributed by atoms with E-state index >= 15 is 0 Å². The van der Waals surface area contributed by atoms with E-state index in [0.717, 1.165) is 17.0 Å². The van der Waals surface area contributed by atoms with Gasteiger partial charge < -0.3 is 10.0 Å². The number of carbonyl (C=O) groups excluding carboxylic acids is 1. The van der Waals surface area contributed by atoms with Gasteiger partial charge in [-0.05, 0) is 11.6 Å². The summed E-state index contributed by atoms with van der Waals surface area (Å²) in [6, 6.07) is 6.48. The Hall–Kier alpha value is -1.69. The van der Waals surface area contributed by atoms with Gasteiger partial charge in [-0.3, -0.25) is 4.90 Å². The summed E-state index contributed by atoms with van der Waals surface area (Å²) in [7, 11) is 0. The van der Waals surface area contributed by atoms with Gasteiger partial charge in [-0.2, -0.15) is 11.8 Å². The number of carboxylic acids is 1. The van der Waals surface area contributed by atoms with Crippen LogP contribution in [0.5, 0.6) is 0 Å². The maximum absolute atomic E-state index is 12.8. The smallest absolute Gasteiger partial charge is 0.327 e. The molecule has 0 aromatic heterocycles. The van der Waals surface area contributed by atoms with E-state index in [2.05, 4.69) is 6.92 Å². The average molecular weight is 306 g/mol. The fourth-order valence-electron chi connectivity index (χ4n) is 2.96. The van der Waals surface area contributed by atoms with Gasteiger partial charge in [0.25, 0.3) is 0 Å². The predicted molar refractivity (Wildman–Crippen MR) is 82.9 cm³/mol. The van der Waals surface area contributed by atoms with Crippen LogP contribution in [0.4, 0.5) is 10.5 Å². The molecule has 2 atom stereocenters. The first-order valence-corrected chi connectivity index (χ1v) is 8.13. The maximum atomic E-state index is 12.8. The largest absolute Gasteiger partial charge is 0.480 e. The summed E-state index contributed by atoms with van der Waals surface area (Å²) >= 11 is 1.85. The molecule has 0 saturated carbocycles. The third-order valence-electron chi connectivity index (χ3n) is 3.98. The monoisotopic (exact) mass is 306 g/mol. The number of rotatable bonds is 1. The molecule has 112 valence electrons. The van der Waals surface area contributed by atoms with Crippen molar-refractivity contribution in [2.75, 3.05) is 23.7 Å². The Labute approximate surface area is 127 Å². The topological polar surface area (TPSA) is 60.9 Å². The molecule has 5 nitrogen and oxygen atoms in total. The molecule has 0 aliphatic carbocycles. The lowest BCUT2D eigenvalue weighted by Crippen LogP contribution is -2.52. The third kappa shape index (κ3) is 2.60. The molecule has 6 heteroatoms. The van der Waals surface area contributed by atoms with Crippen molar-refractivity contribution in [3.8, 4) is 0 Å². The van der Waals surface area contributed by atoms with Gasteiger partial charge in [0.05, 0.1) is 0 Å². The lowest BCUT2D eigenvalue weighted by molar-refractivity contribution is -0.138. The minimum atomic E-state index is -0.945. The summed E-state index contributed by atoms with van der Waals surface area (Å²) < 4.78 is 0. The normalized spacial score (nSPS) is 24.8. The molecule has 1 aromatic carbocycles. The number of carbonyl (C=O) groups is 2. The van der Waals surface area contributed by atoms with Gasteiger partial charge in [-0.1, -0.05) is 25.1 Å². The second-order valence-electron chi connectivity index (χ2n) is 5.47. The highest BCUT2D eigenvalue weighted by Gasteiger charge is 2.40. The molecule has 0 spiro atoms. The van der Waals surface area contributed by atoms with Crippen LogP contribution in [0.2, 0.25) is 0 Å². The maximum Gasteiger partial charge on any atom is 0.327 e. The Balaban J connectivity index is 1.90. The van der Waals surface area contributed by atoms with Crippen LogP contribution >= 0.6 is 11.8 Å². The van der Waals surface area contributed by atoms with Crippen molar-refractivity contribution in [2.45, 2.75) is 24.6 Å². The quantitative estimate of drug-likeness (QED) is 0.863. The van der Waals surface area contributed by atoms with Crippen molar-refractivity contribution in [1.82, 2.24) is 4.90 Å². The highest BCUT2D eigenvalue weighted by molar-refractivity contribution is 7.99. The van der Waals surface area contributed by atoms with Crippen molar-refractivity contribution in [2.24, 2.45) is 0 Å². The molecule has 21 heavy (non-hydrogen) atoms. The number of hydrogen-bond acceptors (Lipinski definition) is 3. The Morgan fingerprint density at radius 1 is 1.33 bits per heavy atom.